The van der Waals surface area contributed by atoms with Crippen molar-refractivity contribution in [3.8, 4) is 5.75 Å². The third-order valence-electron chi connectivity index (χ3n) is 2.67. The van der Waals surface area contributed by atoms with Crippen LogP contribution in [-0.2, 0) is 4.79 Å². The first-order chi connectivity index (χ1) is 10.0. The molecule has 108 valence electrons. The van der Waals surface area contributed by atoms with Crippen LogP contribution < -0.4 is 10.1 Å². The van der Waals surface area contributed by atoms with Crippen LogP contribution in [0.3, 0.4) is 0 Å². The number of nitrogens with one attached hydrogen (secondary N) is 1. The van der Waals surface area contributed by atoms with E-state index in [1.54, 1.807) is 42.5 Å². The molecule has 2 aromatic rings. The molecule has 0 bridgehead atoms. The van der Waals surface area contributed by atoms with E-state index in [9.17, 15) is 9.59 Å². The van der Waals surface area contributed by atoms with Gasteiger partial charge in [-0.3, -0.25) is 9.59 Å². The van der Waals surface area contributed by atoms with Crippen LogP contribution >= 0.6 is 15.9 Å². The molecule has 0 saturated heterocycles. The van der Waals surface area contributed by atoms with E-state index in [0.29, 0.717) is 17.0 Å². The zero-order chi connectivity index (χ0) is 15.2. The van der Waals surface area contributed by atoms with E-state index in [4.69, 9.17) is 4.74 Å². The van der Waals surface area contributed by atoms with Crippen molar-refractivity contribution in [2.75, 3.05) is 11.9 Å². The van der Waals surface area contributed by atoms with E-state index in [-0.39, 0.29) is 18.3 Å². The first kappa shape index (κ1) is 15.3. The summed E-state index contributed by atoms with van der Waals surface area (Å²) >= 11 is 3.33. The molecule has 0 saturated carbocycles. The zero-order valence-corrected chi connectivity index (χ0v) is 13.0. The Balaban J connectivity index is 1.99. The largest absolute Gasteiger partial charge is 0.485 e. The molecule has 0 unspecified atom stereocenters. The summed E-state index contributed by atoms with van der Waals surface area (Å²) in [5, 5.41) is 2.66. The Morgan fingerprint density at radius 2 is 1.90 bits per heavy atom. The summed E-state index contributed by atoms with van der Waals surface area (Å²) in [5.41, 5.74) is 1.22. The van der Waals surface area contributed by atoms with E-state index >= 15 is 0 Å². The number of carbonyl (C=O) groups is 2. The predicted molar refractivity (Wildman–Crippen MR) is 84.7 cm³/mol. The molecule has 0 fully saturated rings. The Labute approximate surface area is 131 Å². The molecule has 0 aliphatic carbocycles. The fraction of sp³-hybridized carbons (Fsp3) is 0.125. The van der Waals surface area contributed by atoms with E-state index < -0.39 is 0 Å². The average Bonchev–Trinajstić information content (AvgIpc) is 2.44. The number of ketones is 1. The maximum Gasteiger partial charge on any atom is 0.221 e. The second-order valence-corrected chi connectivity index (χ2v) is 5.35. The molecule has 0 aromatic heterocycles. The molecule has 1 amide bonds. The number of halogens is 1. The molecule has 4 nitrogen and oxygen atoms in total. The lowest BCUT2D eigenvalue weighted by atomic mass is 10.1. The number of rotatable bonds is 5. The molecule has 0 aliphatic rings. The SMILES string of the molecule is CC(=O)Nc1cccc(OCC(=O)c2cccc(Br)c2)c1. The number of amides is 1. The summed E-state index contributed by atoms with van der Waals surface area (Å²) in [4.78, 5) is 23.0. The van der Waals surface area contributed by atoms with Gasteiger partial charge in [0.05, 0.1) is 0 Å². The summed E-state index contributed by atoms with van der Waals surface area (Å²) in [7, 11) is 0. The molecular formula is C16H14BrNO3. The smallest absolute Gasteiger partial charge is 0.221 e. The molecule has 5 heteroatoms. The van der Waals surface area contributed by atoms with Crippen LogP contribution in [0, 0.1) is 0 Å². The summed E-state index contributed by atoms with van der Waals surface area (Å²) in [6, 6.07) is 14.1. The summed E-state index contributed by atoms with van der Waals surface area (Å²) in [5.74, 6) is 0.267. The standard InChI is InChI=1S/C16H14BrNO3/c1-11(19)18-14-6-3-7-15(9-14)21-10-16(20)12-4-2-5-13(17)8-12/h2-9H,10H2,1H3,(H,18,19). The Morgan fingerprint density at radius 1 is 1.14 bits per heavy atom. The van der Waals surface area contributed by atoms with Crippen LogP contribution in [0.1, 0.15) is 17.3 Å². The minimum atomic E-state index is -0.155. The monoisotopic (exact) mass is 347 g/mol. The van der Waals surface area contributed by atoms with E-state index in [2.05, 4.69) is 21.2 Å². The number of ether oxygens (including phenoxy) is 1. The molecule has 2 aromatic carbocycles. The molecule has 0 radical (unpaired) electrons. The van der Waals surface area contributed by atoms with Gasteiger partial charge in [-0.25, -0.2) is 0 Å². The van der Waals surface area contributed by atoms with Gasteiger partial charge in [0.1, 0.15) is 5.75 Å². The molecule has 2 rings (SSSR count). The molecule has 1 N–H and O–H groups in total. The Hall–Kier alpha value is -2.14. The minimum Gasteiger partial charge on any atom is -0.485 e. The van der Waals surface area contributed by atoms with Crippen molar-refractivity contribution in [1.82, 2.24) is 0 Å². The van der Waals surface area contributed by atoms with Gasteiger partial charge < -0.3 is 10.1 Å². The van der Waals surface area contributed by atoms with Crippen molar-refractivity contribution in [3.05, 3.63) is 58.6 Å². The predicted octanol–water partition coefficient (Wildman–Crippen LogP) is 3.67. The molecule has 0 atom stereocenters. The molecule has 21 heavy (non-hydrogen) atoms. The second kappa shape index (κ2) is 7.04. The van der Waals surface area contributed by atoms with Gasteiger partial charge in [-0.2, -0.15) is 0 Å². The van der Waals surface area contributed by atoms with Crippen molar-refractivity contribution < 1.29 is 14.3 Å². The molecule has 0 aliphatic heterocycles. The number of hydrogen-bond acceptors (Lipinski definition) is 3. The number of anilines is 1. The van der Waals surface area contributed by atoms with Crippen LogP contribution in [-0.4, -0.2) is 18.3 Å². The van der Waals surface area contributed by atoms with Crippen molar-refractivity contribution >= 4 is 33.3 Å². The van der Waals surface area contributed by atoms with Crippen LogP contribution in [0.25, 0.3) is 0 Å². The Bertz CT molecular complexity index is 670. The first-order valence-electron chi connectivity index (χ1n) is 6.34. The lowest BCUT2D eigenvalue weighted by Crippen LogP contribution is -2.12. The van der Waals surface area contributed by atoms with E-state index in [1.165, 1.54) is 6.92 Å². The van der Waals surface area contributed by atoms with Crippen molar-refractivity contribution in [3.63, 3.8) is 0 Å². The number of hydrogen-bond donors (Lipinski definition) is 1. The Morgan fingerprint density at radius 3 is 2.62 bits per heavy atom. The topological polar surface area (TPSA) is 55.4 Å². The third-order valence-corrected chi connectivity index (χ3v) is 3.16. The highest BCUT2D eigenvalue weighted by molar-refractivity contribution is 9.10. The molecule has 0 spiro atoms. The number of Topliss-reactive ketones (excluding diaryl/α,β-unsaturated/α-hetero) is 1. The van der Waals surface area contributed by atoms with Gasteiger partial charge in [0.2, 0.25) is 5.91 Å². The summed E-state index contributed by atoms with van der Waals surface area (Å²) in [6.07, 6.45) is 0. The van der Waals surface area contributed by atoms with Gasteiger partial charge in [-0.15, -0.1) is 0 Å². The zero-order valence-electron chi connectivity index (χ0n) is 11.4. The highest BCUT2D eigenvalue weighted by Crippen LogP contribution is 2.18. The minimum absolute atomic E-state index is 0.0556. The van der Waals surface area contributed by atoms with Gasteiger partial charge in [0.15, 0.2) is 12.4 Å². The normalized spacial score (nSPS) is 10.0. The summed E-state index contributed by atoms with van der Waals surface area (Å²) < 4.78 is 6.32. The quantitative estimate of drug-likeness (QED) is 0.839. The maximum atomic E-state index is 12.0. The molecular weight excluding hydrogens is 334 g/mol. The summed E-state index contributed by atoms with van der Waals surface area (Å²) in [6.45, 7) is 1.38. The van der Waals surface area contributed by atoms with Gasteiger partial charge in [-0.05, 0) is 24.3 Å². The van der Waals surface area contributed by atoms with Crippen molar-refractivity contribution in [1.29, 1.82) is 0 Å². The van der Waals surface area contributed by atoms with Crippen molar-refractivity contribution in [2.24, 2.45) is 0 Å². The lowest BCUT2D eigenvalue weighted by molar-refractivity contribution is -0.114. The average molecular weight is 348 g/mol. The van der Waals surface area contributed by atoms with Crippen molar-refractivity contribution in [2.45, 2.75) is 6.92 Å². The number of benzene rings is 2. The lowest BCUT2D eigenvalue weighted by Gasteiger charge is -2.08. The van der Waals surface area contributed by atoms with Crippen LogP contribution in [0.4, 0.5) is 5.69 Å². The highest BCUT2D eigenvalue weighted by atomic mass is 79.9. The van der Waals surface area contributed by atoms with Crippen LogP contribution in [0.2, 0.25) is 0 Å². The van der Waals surface area contributed by atoms with Crippen LogP contribution in [0.15, 0.2) is 53.0 Å². The number of carbonyl (C=O) groups excluding carboxylic acids is 2. The maximum absolute atomic E-state index is 12.0. The van der Waals surface area contributed by atoms with Gasteiger partial charge in [-0.1, -0.05) is 34.1 Å². The third kappa shape index (κ3) is 4.72. The van der Waals surface area contributed by atoms with Crippen LogP contribution in [0.5, 0.6) is 5.75 Å². The van der Waals surface area contributed by atoms with E-state index in [0.717, 1.165) is 4.47 Å². The van der Waals surface area contributed by atoms with Gasteiger partial charge in [0.25, 0.3) is 0 Å². The fourth-order valence-electron chi connectivity index (χ4n) is 1.76. The molecule has 0 heterocycles. The first-order valence-corrected chi connectivity index (χ1v) is 7.13. The fourth-order valence-corrected chi connectivity index (χ4v) is 2.16. The highest BCUT2D eigenvalue weighted by Gasteiger charge is 2.07. The second-order valence-electron chi connectivity index (χ2n) is 4.43. The van der Waals surface area contributed by atoms with E-state index in [1.807, 2.05) is 6.07 Å². The van der Waals surface area contributed by atoms with Gasteiger partial charge in [0, 0.05) is 28.7 Å². The van der Waals surface area contributed by atoms with Gasteiger partial charge >= 0.3 is 0 Å². The Kier molecular flexibility index (Phi) is 5.11.